The average Bonchev–Trinajstić information content (AvgIpc) is 3.09. The molecule has 0 saturated carbocycles. The SMILES string of the molecule is COc1ccccc1N1CC[C@H](CNC(=O)c2ccccc2Cl)C1. The summed E-state index contributed by atoms with van der Waals surface area (Å²) < 4.78 is 5.44. The zero-order valence-electron chi connectivity index (χ0n) is 13.7. The second-order valence-corrected chi connectivity index (χ2v) is 6.37. The third-order valence-electron chi connectivity index (χ3n) is 4.38. The van der Waals surface area contributed by atoms with E-state index in [2.05, 4.69) is 16.3 Å². The van der Waals surface area contributed by atoms with Gasteiger partial charge in [-0.3, -0.25) is 4.79 Å². The molecular weight excluding hydrogens is 324 g/mol. The summed E-state index contributed by atoms with van der Waals surface area (Å²) in [5, 5.41) is 3.48. The summed E-state index contributed by atoms with van der Waals surface area (Å²) in [6, 6.07) is 15.2. The van der Waals surface area contributed by atoms with Gasteiger partial charge in [0.2, 0.25) is 0 Å². The Balaban J connectivity index is 1.57. The van der Waals surface area contributed by atoms with E-state index in [1.807, 2.05) is 30.3 Å². The number of hydrogen-bond acceptors (Lipinski definition) is 3. The molecule has 1 atom stereocenters. The van der Waals surface area contributed by atoms with Crippen molar-refractivity contribution in [1.82, 2.24) is 5.32 Å². The van der Waals surface area contributed by atoms with Crippen molar-refractivity contribution in [3.63, 3.8) is 0 Å². The van der Waals surface area contributed by atoms with Crippen molar-refractivity contribution >= 4 is 23.2 Å². The number of anilines is 1. The van der Waals surface area contributed by atoms with Gasteiger partial charge in [0.05, 0.1) is 23.4 Å². The summed E-state index contributed by atoms with van der Waals surface area (Å²) in [5.74, 6) is 1.19. The summed E-state index contributed by atoms with van der Waals surface area (Å²) in [7, 11) is 1.69. The fourth-order valence-corrected chi connectivity index (χ4v) is 3.31. The molecule has 5 heteroatoms. The van der Waals surface area contributed by atoms with Crippen LogP contribution in [0.5, 0.6) is 5.75 Å². The molecule has 1 heterocycles. The predicted octanol–water partition coefficient (Wildman–Crippen LogP) is 3.60. The lowest BCUT2D eigenvalue weighted by atomic mass is 10.1. The largest absolute Gasteiger partial charge is 0.495 e. The third kappa shape index (κ3) is 3.65. The lowest BCUT2D eigenvalue weighted by Gasteiger charge is -2.21. The Kier molecular flexibility index (Phi) is 5.26. The van der Waals surface area contributed by atoms with E-state index >= 15 is 0 Å². The summed E-state index contributed by atoms with van der Waals surface area (Å²) in [5.41, 5.74) is 1.64. The highest BCUT2D eigenvalue weighted by Gasteiger charge is 2.25. The number of amides is 1. The van der Waals surface area contributed by atoms with Crippen LogP contribution in [0.25, 0.3) is 0 Å². The Morgan fingerprint density at radius 1 is 1.25 bits per heavy atom. The van der Waals surface area contributed by atoms with Gasteiger partial charge in [0.1, 0.15) is 5.75 Å². The minimum atomic E-state index is -0.114. The number of nitrogens with one attached hydrogen (secondary N) is 1. The number of benzene rings is 2. The number of para-hydroxylation sites is 2. The molecule has 1 amide bonds. The monoisotopic (exact) mass is 344 g/mol. The smallest absolute Gasteiger partial charge is 0.252 e. The Morgan fingerprint density at radius 3 is 2.79 bits per heavy atom. The first kappa shape index (κ1) is 16.7. The average molecular weight is 345 g/mol. The molecule has 1 fully saturated rings. The van der Waals surface area contributed by atoms with E-state index in [1.165, 1.54) is 0 Å². The lowest BCUT2D eigenvalue weighted by molar-refractivity contribution is 0.0948. The zero-order valence-corrected chi connectivity index (χ0v) is 14.4. The number of halogens is 1. The quantitative estimate of drug-likeness (QED) is 0.901. The molecule has 3 rings (SSSR count). The molecule has 4 nitrogen and oxygen atoms in total. The van der Waals surface area contributed by atoms with E-state index in [-0.39, 0.29) is 5.91 Å². The summed E-state index contributed by atoms with van der Waals surface area (Å²) in [6.45, 7) is 2.52. The van der Waals surface area contributed by atoms with Crippen LogP contribution in [-0.2, 0) is 0 Å². The van der Waals surface area contributed by atoms with Crippen LogP contribution in [0, 0.1) is 5.92 Å². The molecule has 0 bridgehead atoms. The first-order valence-corrected chi connectivity index (χ1v) is 8.47. The number of methoxy groups -OCH3 is 1. The van der Waals surface area contributed by atoms with Gasteiger partial charge >= 0.3 is 0 Å². The van der Waals surface area contributed by atoms with Gasteiger partial charge in [-0.2, -0.15) is 0 Å². The van der Waals surface area contributed by atoms with E-state index in [1.54, 1.807) is 19.2 Å². The van der Waals surface area contributed by atoms with Crippen molar-refractivity contribution < 1.29 is 9.53 Å². The molecule has 24 heavy (non-hydrogen) atoms. The minimum absolute atomic E-state index is 0.114. The molecule has 0 unspecified atom stereocenters. The van der Waals surface area contributed by atoms with Crippen molar-refractivity contribution in [3.8, 4) is 5.75 Å². The molecule has 1 N–H and O–H groups in total. The first-order chi connectivity index (χ1) is 11.7. The van der Waals surface area contributed by atoms with Crippen molar-refractivity contribution in [3.05, 3.63) is 59.1 Å². The number of hydrogen-bond donors (Lipinski definition) is 1. The molecular formula is C19H21ClN2O2. The standard InChI is InChI=1S/C19H21ClN2O2/c1-24-18-9-5-4-8-17(18)22-11-10-14(13-22)12-21-19(23)15-6-2-3-7-16(15)20/h2-9,14H,10-13H2,1H3,(H,21,23)/t14-/m1/s1. The van der Waals surface area contributed by atoms with Gasteiger partial charge in [0, 0.05) is 19.6 Å². The minimum Gasteiger partial charge on any atom is -0.495 e. The van der Waals surface area contributed by atoms with Crippen LogP contribution in [-0.4, -0.2) is 32.7 Å². The van der Waals surface area contributed by atoms with E-state index < -0.39 is 0 Å². The van der Waals surface area contributed by atoms with Gasteiger partial charge in [-0.25, -0.2) is 0 Å². The van der Waals surface area contributed by atoms with Crippen molar-refractivity contribution in [2.75, 3.05) is 31.6 Å². The summed E-state index contributed by atoms with van der Waals surface area (Å²) in [4.78, 5) is 14.6. The highest BCUT2D eigenvalue weighted by Crippen LogP contribution is 2.31. The van der Waals surface area contributed by atoms with Crippen LogP contribution >= 0.6 is 11.6 Å². The molecule has 0 radical (unpaired) electrons. The highest BCUT2D eigenvalue weighted by molar-refractivity contribution is 6.33. The van der Waals surface area contributed by atoms with Gasteiger partial charge in [-0.15, -0.1) is 0 Å². The lowest BCUT2D eigenvalue weighted by Crippen LogP contribution is -2.31. The fourth-order valence-electron chi connectivity index (χ4n) is 3.09. The van der Waals surface area contributed by atoms with E-state index in [0.29, 0.717) is 23.0 Å². The third-order valence-corrected chi connectivity index (χ3v) is 4.71. The molecule has 2 aromatic carbocycles. The first-order valence-electron chi connectivity index (χ1n) is 8.09. The van der Waals surface area contributed by atoms with Gasteiger partial charge in [-0.05, 0) is 36.6 Å². The second kappa shape index (κ2) is 7.58. The maximum Gasteiger partial charge on any atom is 0.252 e. The normalized spacial score (nSPS) is 16.9. The predicted molar refractivity (Wildman–Crippen MR) is 97.1 cm³/mol. The van der Waals surface area contributed by atoms with E-state index in [9.17, 15) is 4.79 Å². The van der Waals surface area contributed by atoms with Crippen molar-refractivity contribution in [1.29, 1.82) is 0 Å². The fraction of sp³-hybridized carbons (Fsp3) is 0.316. The van der Waals surface area contributed by atoms with Gasteiger partial charge in [0.25, 0.3) is 5.91 Å². The van der Waals surface area contributed by atoms with Gasteiger partial charge < -0.3 is 15.0 Å². The van der Waals surface area contributed by atoms with Crippen LogP contribution in [0.2, 0.25) is 5.02 Å². The molecule has 2 aromatic rings. The van der Waals surface area contributed by atoms with Gasteiger partial charge in [0.15, 0.2) is 0 Å². The number of nitrogens with zero attached hydrogens (tertiary/aromatic N) is 1. The van der Waals surface area contributed by atoms with Crippen molar-refractivity contribution in [2.45, 2.75) is 6.42 Å². The summed E-state index contributed by atoms with van der Waals surface area (Å²) in [6.07, 6.45) is 1.04. The zero-order chi connectivity index (χ0) is 16.9. The van der Waals surface area contributed by atoms with Crippen molar-refractivity contribution in [2.24, 2.45) is 5.92 Å². The van der Waals surface area contributed by atoms with Gasteiger partial charge in [-0.1, -0.05) is 35.9 Å². The van der Waals surface area contributed by atoms with E-state index in [4.69, 9.17) is 16.3 Å². The Hall–Kier alpha value is -2.20. The maximum atomic E-state index is 12.2. The Morgan fingerprint density at radius 2 is 2.00 bits per heavy atom. The molecule has 1 aliphatic heterocycles. The molecule has 0 aliphatic carbocycles. The molecule has 0 aromatic heterocycles. The number of carbonyl (C=O) groups excluding carboxylic acids is 1. The maximum absolute atomic E-state index is 12.2. The number of carbonyl (C=O) groups is 1. The number of ether oxygens (including phenoxy) is 1. The summed E-state index contributed by atoms with van der Waals surface area (Å²) >= 11 is 6.07. The Bertz CT molecular complexity index is 720. The molecule has 1 aliphatic rings. The highest BCUT2D eigenvalue weighted by atomic mass is 35.5. The molecule has 0 spiro atoms. The van der Waals surface area contributed by atoms with Crippen LogP contribution < -0.4 is 15.0 Å². The molecule has 126 valence electrons. The topological polar surface area (TPSA) is 41.6 Å². The van der Waals surface area contributed by atoms with Crippen LogP contribution in [0.15, 0.2) is 48.5 Å². The number of rotatable bonds is 5. The van der Waals surface area contributed by atoms with E-state index in [0.717, 1.165) is 30.9 Å². The van der Waals surface area contributed by atoms with Crippen LogP contribution in [0.3, 0.4) is 0 Å². The van der Waals surface area contributed by atoms with Crippen LogP contribution in [0.1, 0.15) is 16.8 Å². The second-order valence-electron chi connectivity index (χ2n) is 5.96. The van der Waals surface area contributed by atoms with Crippen LogP contribution in [0.4, 0.5) is 5.69 Å². The Labute approximate surface area is 147 Å². The molecule has 1 saturated heterocycles.